The van der Waals surface area contributed by atoms with Crippen molar-refractivity contribution in [2.24, 2.45) is 0 Å². The Hall–Kier alpha value is -2.42. The molecule has 0 radical (unpaired) electrons. The van der Waals surface area contributed by atoms with Crippen LogP contribution in [0.3, 0.4) is 0 Å². The van der Waals surface area contributed by atoms with E-state index in [9.17, 15) is 22.4 Å². The molecule has 1 aliphatic rings. The highest BCUT2D eigenvalue weighted by molar-refractivity contribution is 5.79. The first-order chi connectivity index (χ1) is 13.2. The van der Waals surface area contributed by atoms with E-state index in [-0.39, 0.29) is 18.9 Å². The molecule has 2 heterocycles. The van der Waals surface area contributed by atoms with Gasteiger partial charge in [-0.1, -0.05) is 12.1 Å². The number of halogens is 4. The highest BCUT2D eigenvalue weighted by Gasteiger charge is 2.35. The number of carbonyl (C=O) groups is 1. The molecule has 1 aromatic heterocycles. The zero-order valence-electron chi connectivity index (χ0n) is 15.6. The molecule has 0 bridgehead atoms. The zero-order chi connectivity index (χ0) is 20.5. The summed E-state index contributed by atoms with van der Waals surface area (Å²) >= 11 is 0. The third-order valence-electron chi connectivity index (χ3n) is 4.79. The fourth-order valence-corrected chi connectivity index (χ4v) is 3.58. The lowest BCUT2D eigenvalue weighted by atomic mass is 10.0. The summed E-state index contributed by atoms with van der Waals surface area (Å²) in [5, 5.41) is 4.01. The second kappa shape index (κ2) is 7.90. The maximum atomic E-state index is 13.4. The molecule has 1 amide bonds. The molecular formula is C19H21F4N3O2. The van der Waals surface area contributed by atoms with E-state index in [1.807, 2.05) is 0 Å². The van der Waals surface area contributed by atoms with Crippen molar-refractivity contribution in [3.05, 3.63) is 52.6 Å². The lowest BCUT2D eigenvalue weighted by Gasteiger charge is -2.36. The zero-order valence-corrected chi connectivity index (χ0v) is 15.6. The maximum absolute atomic E-state index is 13.4. The molecule has 2 aromatic rings. The van der Waals surface area contributed by atoms with E-state index in [2.05, 4.69) is 5.10 Å². The minimum Gasteiger partial charge on any atom is -0.377 e. The average molecular weight is 399 g/mol. The highest BCUT2D eigenvalue weighted by atomic mass is 19.4. The number of hydrogen-bond acceptors (Lipinski definition) is 3. The molecule has 5 nitrogen and oxygen atoms in total. The quantitative estimate of drug-likeness (QED) is 0.741. The molecule has 3 rings (SSSR count). The smallest absolute Gasteiger partial charge is 0.377 e. The number of hydrogen-bond donors (Lipinski definition) is 0. The molecule has 0 N–H and O–H groups in total. The molecule has 0 spiro atoms. The summed E-state index contributed by atoms with van der Waals surface area (Å²) in [6, 6.07) is 5.26. The maximum Gasteiger partial charge on any atom is 0.408 e. The number of benzene rings is 1. The van der Waals surface area contributed by atoms with E-state index >= 15 is 0 Å². The van der Waals surface area contributed by atoms with E-state index in [0.717, 1.165) is 4.68 Å². The monoisotopic (exact) mass is 399 g/mol. The number of ether oxygens (including phenoxy) is 1. The van der Waals surface area contributed by atoms with Gasteiger partial charge < -0.3 is 9.64 Å². The number of aryl methyl sites for hydroxylation is 1. The Morgan fingerprint density at radius 3 is 2.75 bits per heavy atom. The van der Waals surface area contributed by atoms with Crippen molar-refractivity contribution in [2.45, 2.75) is 39.0 Å². The van der Waals surface area contributed by atoms with Gasteiger partial charge in [-0.15, -0.1) is 0 Å². The first-order valence-corrected chi connectivity index (χ1v) is 8.88. The molecule has 28 heavy (non-hydrogen) atoms. The van der Waals surface area contributed by atoms with Crippen LogP contribution in [-0.2, 0) is 22.5 Å². The summed E-state index contributed by atoms with van der Waals surface area (Å²) in [6.45, 7) is 2.81. The Kier molecular flexibility index (Phi) is 5.74. The standard InChI is InChI=1S/C19H21F4N3O2/c1-12-18(13(2)26(24-12)11-19(21,22)23)16-10-28-7-6-25(16)17(27)9-14-4-3-5-15(20)8-14/h3-5,8,16H,6-7,9-11H2,1-2H3/t16-/m1/s1. The van der Waals surface area contributed by atoms with E-state index in [0.29, 0.717) is 35.7 Å². The van der Waals surface area contributed by atoms with Crippen LogP contribution >= 0.6 is 0 Å². The first-order valence-electron chi connectivity index (χ1n) is 8.88. The minimum atomic E-state index is -4.39. The van der Waals surface area contributed by atoms with Crippen LogP contribution in [0.15, 0.2) is 24.3 Å². The van der Waals surface area contributed by atoms with E-state index in [4.69, 9.17) is 4.74 Å². The van der Waals surface area contributed by atoms with E-state index in [1.54, 1.807) is 24.8 Å². The molecule has 9 heteroatoms. The number of rotatable bonds is 4. The Morgan fingerprint density at radius 1 is 1.32 bits per heavy atom. The number of aromatic nitrogens is 2. The Balaban J connectivity index is 1.86. The molecule has 0 saturated carbocycles. The van der Waals surface area contributed by atoms with Gasteiger partial charge in [0.25, 0.3) is 0 Å². The number of amides is 1. The lowest BCUT2D eigenvalue weighted by Crippen LogP contribution is -2.44. The summed E-state index contributed by atoms with van der Waals surface area (Å²) in [5.74, 6) is -0.662. The van der Waals surface area contributed by atoms with Gasteiger partial charge in [-0.2, -0.15) is 18.3 Å². The van der Waals surface area contributed by atoms with Crippen LogP contribution in [-0.4, -0.2) is 46.5 Å². The molecule has 152 valence electrons. The average Bonchev–Trinajstić information content (AvgIpc) is 2.86. The normalized spacial score (nSPS) is 17.8. The van der Waals surface area contributed by atoms with Gasteiger partial charge >= 0.3 is 6.18 Å². The van der Waals surface area contributed by atoms with Gasteiger partial charge in [0.05, 0.1) is 31.4 Å². The van der Waals surface area contributed by atoms with E-state index < -0.39 is 24.6 Å². The van der Waals surface area contributed by atoms with Crippen LogP contribution in [0.5, 0.6) is 0 Å². The molecule has 1 atom stereocenters. The molecule has 1 aliphatic heterocycles. The minimum absolute atomic E-state index is 0.00302. The third kappa shape index (κ3) is 4.52. The molecular weight excluding hydrogens is 378 g/mol. The van der Waals surface area contributed by atoms with E-state index in [1.165, 1.54) is 18.2 Å². The van der Waals surface area contributed by atoms with Gasteiger partial charge in [-0.3, -0.25) is 9.48 Å². The van der Waals surface area contributed by atoms with Crippen molar-refractivity contribution >= 4 is 5.91 Å². The largest absolute Gasteiger partial charge is 0.408 e. The van der Waals surface area contributed by atoms with Crippen LogP contribution in [0.25, 0.3) is 0 Å². The second-order valence-electron chi connectivity index (χ2n) is 6.84. The number of alkyl halides is 3. The molecule has 0 aliphatic carbocycles. The number of carbonyl (C=O) groups excluding carboxylic acids is 1. The predicted molar refractivity (Wildman–Crippen MR) is 93.1 cm³/mol. The second-order valence-corrected chi connectivity index (χ2v) is 6.84. The Bertz CT molecular complexity index is 863. The van der Waals surface area contributed by atoms with Gasteiger partial charge in [0.1, 0.15) is 12.4 Å². The van der Waals surface area contributed by atoms with Crippen LogP contribution in [0.1, 0.15) is 28.6 Å². The summed E-state index contributed by atoms with van der Waals surface area (Å²) in [7, 11) is 0. The fourth-order valence-electron chi connectivity index (χ4n) is 3.58. The third-order valence-corrected chi connectivity index (χ3v) is 4.79. The highest BCUT2D eigenvalue weighted by Crippen LogP contribution is 2.31. The summed E-state index contributed by atoms with van der Waals surface area (Å²) < 4.78 is 58.2. The molecule has 1 fully saturated rings. The van der Waals surface area contributed by atoms with Crippen molar-refractivity contribution in [2.75, 3.05) is 19.8 Å². The van der Waals surface area contributed by atoms with Gasteiger partial charge in [0.2, 0.25) is 5.91 Å². The van der Waals surface area contributed by atoms with Crippen LogP contribution in [0.4, 0.5) is 17.6 Å². The topological polar surface area (TPSA) is 47.4 Å². The van der Waals surface area contributed by atoms with Gasteiger partial charge in [0, 0.05) is 17.8 Å². The van der Waals surface area contributed by atoms with Crippen molar-refractivity contribution in [1.29, 1.82) is 0 Å². The Morgan fingerprint density at radius 2 is 2.07 bits per heavy atom. The number of morpholine rings is 1. The van der Waals surface area contributed by atoms with Crippen molar-refractivity contribution in [3.63, 3.8) is 0 Å². The van der Waals surface area contributed by atoms with Gasteiger partial charge in [-0.05, 0) is 31.5 Å². The van der Waals surface area contributed by atoms with Crippen LogP contribution in [0.2, 0.25) is 0 Å². The number of nitrogens with zero attached hydrogens (tertiary/aromatic N) is 3. The summed E-state index contributed by atoms with van der Waals surface area (Å²) in [6.07, 6.45) is -4.39. The van der Waals surface area contributed by atoms with Crippen molar-refractivity contribution in [3.8, 4) is 0 Å². The molecule has 1 aromatic carbocycles. The van der Waals surface area contributed by atoms with Crippen LogP contribution < -0.4 is 0 Å². The van der Waals surface area contributed by atoms with Gasteiger partial charge in [0.15, 0.2) is 0 Å². The van der Waals surface area contributed by atoms with Crippen molar-refractivity contribution in [1.82, 2.24) is 14.7 Å². The van der Waals surface area contributed by atoms with Crippen molar-refractivity contribution < 1.29 is 27.1 Å². The van der Waals surface area contributed by atoms with Crippen LogP contribution in [0, 0.1) is 19.7 Å². The lowest BCUT2D eigenvalue weighted by molar-refractivity contribution is -0.143. The summed E-state index contributed by atoms with van der Waals surface area (Å²) in [5.41, 5.74) is 1.89. The first kappa shape index (κ1) is 20.3. The Labute approximate surface area is 159 Å². The van der Waals surface area contributed by atoms with Gasteiger partial charge in [-0.25, -0.2) is 4.39 Å². The molecule has 0 unspecified atom stereocenters. The molecule has 1 saturated heterocycles. The summed E-state index contributed by atoms with van der Waals surface area (Å²) in [4.78, 5) is 14.4. The predicted octanol–water partition coefficient (Wildman–Crippen LogP) is 3.34. The fraction of sp³-hybridized carbons (Fsp3) is 0.474. The SMILES string of the molecule is Cc1nn(CC(F)(F)F)c(C)c1[C@H]1COCCN1C(=O)Cc1cccc(F)c1.